The van der Waals surface area contributed by atoms with E-state index in [0.717, 1.165) is 19.1 Å². The summed E-state index contributed by atoms with van der Waals surface area (Å²) in [6.45, 7) is 6.90. The van der Waals surface area contributed by atoms with Gasteiger partial charge in [0.25, 0.3) is 0 Å². The summed E-state index contributed by atoms with van der Waals surface area (Å²) in [5, 5.41) is 0. The Hall–Kier alpha value is -0.0800. The molecule has 1 atom stereocenters. The van der Waals surface area contributed by atoms with Gasteiger partial charge >= 0.3 is 0 Å². The summed E-state index contributed by atoms with van der Waals surface area (Å²) in [6.07, 6.45) is 5.25. The summed E-state index contributed by atoms with van der Waals surface area (Å²) < 4.78 is 10.5. The minimum Gasteiger partial charge on any atom is -0.355 e. The van der Waals surface area contributed by atoms with Crippen LogP contribution < -0.4 is 0 Å². The second-order valence-corrected chi connectivity index (χ2v) is 4.17. The van der Waals surface area contributed by atoms with Crippen molar-refractivity contribution >= 4 is 0 Å². The Balaban J connectivity index is 1.98. The normalized spacial score (nSPS) is 21.7. The molecule has 0 bridgehead atoms. The van der Waals surface area contributed by atoms with Crippen molar-refractivity contribution in [2.45, 2.75) is 39.5 Å². The first-order chi connectivity index (χ1) is 6.33. The molecule has 0 aliphatic carbocycles. The van der Waals surface area contributed by atoms with Crippen molar-refractivity contribution in [3.63, 3.8) is 0 Å². The second-order valence-electron chi connectivity index (χ2n) is 4.17. The van der Waals surface area contributed by atoms with Crippen LogP contribution in [0.25, 0.3) is 0 Å². The second kappa shape index (κ2) is 6.39. The van der Waals surface area contributed by atoms with Gasteiger partial charge in [-0.15, -0.1) is 0 Å². The molecule has 1 heterocycles. The molecule has 1 aliphatic rings. The zero-order valence-electron chi connectivity index (χ0n) is 8.92. The van der Waals surface area contributed by atoms with E-state index in [1.54, 1.807) is 0 Å². The Morgan fingerprint density at radius 1 is 1.31 bits per heavy atom. The van der Waals surface area contributed by atoms with Crippen LogP contribution >= 0.6 is 0 Å². The van der Waals surface area contributed by atoms with Gasteiger partial charge in [-0.3, -0.25) is 0 Å². The van der Waals surface area contributed by atoms with Gasteiger partial charge in [-0.05, 0) is 12.3 Å². The van der Waals surface area contributed by atoms with Gasteiger partial charge in [0.1, 0.15) is 6.79 Å². The van der Waals surface area contributed by atoms with Crippen molar-refractivity contribution in [1.29, 1.82) is 0 Å². The van der Waals surface area contributed by atoms with Crippen LogP contribution in [0, 0.1) is 11.8 Å². The van der Waals surface area contributed by atoms with Crippen LogP contribution in [0.4, 0.5) is 0 Å². The first-order valence-corrected chi connectivity index (χ1v) is 5.48. The zero-order chi connectivity index (χ0) is 9.52. The van der Waals surface area contributed by atoms with Gasteiger partial charge in [0.15, 0.2) is 0 Å². The van der Waals surface area contributed by atoms with Gasteiger partial charge in [0.05, 0.1) is 13.2 Å². The fourth-order valence-corrected chi connectivity index (χ4v) is 1.66. The summed E-state index contributed by atoms with van der Waals surface area (Å²) in [5.41, 5.74) is 0. The predicted molar refractivity (Wildman–Crippen MR) is 53.6 cm³/mol. The van der Waals surface area contributed by atoms with Gasteiger partial charge in [0.2, 0.25) is 0 Å². The van der Waals surface area contributed by atoms with Crippen molar-refractivity contribution in [2.24, 2.45) is 11.8 Å². The van der Waals surface area contributed by atoms with Crippen LogP contribution in [0.1, 0.15) is 39.5 Å². The fraction of sp³-hybridized carbons (Fsp3) is 1.00. The van der Waals surface area contributed by atoms with Crippen molar-refractivity contribution in [2.75, 3.05) is 20.0 Å². The van der Waals surface area contributed by atoms with Gasteiger partial charge in [-0.1, -0.05) is 33.1 Å². The minimum absolute atomic E-state index is 0.502. The highest BCUT2D eigenvalue weighted by molar-refractivity contribution is 4.61. The predicted octanol–water partition coefficient (Wildman–Crippen LogP) is 2.82. The molecule has 13 heavy (non-hydrogen) atoms. The Morgan fingerprint density at radius 3 is 2.62 bits per heavy atom. The molecule has 0 aromatic carbocycles. The fourth-order valence-electron chi connectivity index (χ4n) is 1.66. The molecule has 78 valence electrons. The molecule has 0 aromatic heterocycles. The Kier molecular flexibility index (Phi) is 5.40. The molecule has 1 rings (SSSR count). The lowest BCUT2D eigenvalue weighted by Crippen LogP contribution is -2.23. The van der Waals surface area contributed by atoms with E-state index in [0.29, 0.717) is 12.7 Å². The number of hydrogen-bond donors (Lipinski definition) is 0. The number of hydrogen-bond acceptors (Lipinski definition) is 2. The third-order valence-corrected chi connectivity index (χ3v) is 2.88. The molecule has 2 nitrogen and oxygen atoms in total. The van der Waals surface area contributed by atoms with Gasteiger partial charge in [0, 0.05) is 5.92 Å². The zero-order valence-corrected chi connectivity index (χ0v) is 8.92. The molecule has 0 amide bonds. The lowest BCUT2D eigenvalue weighted by Gasteiger charge is -2.22. The molecule has 1 aliphatic heterocycles. The Labute approximate surface area is 81.6 Å². The Bertz CT molecular complexity index is 119. The molecule has 1 unspecified atom stereocenters. The molecule has 0 spiro atoms. The summed E-state index contributed by atoms with van der Waals surface area (Å²) >= 11 is 0. The monoisotopic (exact) mass is 186 g/mol. The van der Waals surface area contributed by atoms with Gasteiger partial charge in [-0.2, -0.15) is 0 Å². The average molecular weight is 186 g/mol. The first kappa shape index (κ1) is 11.0. The van der Waals surface area contributed by atoms with Crippen molar-refractivity contribution in [3.05, 3.63) is 0 Å². The maximum absolute atomic E-state index is 5.24. The van der Waals surface area contributed by atoms with E-state index in [9.17, 15) is 0 Å². The van der Waals surface area contributed by atoms with Crippen LogP contribution in [-0.2, 0) is 9.47 Å². The minimum atomic E-state index is 0.502. The molecule has 2 heteroatoms. The quantitative estimate of drug-likeness (QED) is 0.657. The third-order valence-electron chi connectivity index (χ3n) is 2.88. The van der Waals surface area contributed by atoms with Crippen molar-refractivity contribution in [1.82, 2.24) is 0 Å². The molecule has 1 fully saturated rings. The molecule has 0 saturated carbocycles. The summed E-state index contributed by atoms with van der Waals surface area (Å²) in [5.74, 6) is 1.53. The first-order valence-electron chi connectivity index (χ1n) is 5.48. The highest BCUT2D eigenvalue weighted by Crippen LogP contribution is 2.17. The summed E-state index contributed by atoms with van der Waals surface area (Å²) in [4.78, 5) is 0. The van der Waals surface area contributed by atoms with Crippen molar-refractivity contribution in [3.8, 4) is 0 Å². The Morgan fingerprint density at radius 2 is 2.00 bits per heavy atom. The van der Waals surface area contributed by atoms with Crippen LogP contribution in [-0.4, -0.2) is 20.0 Å². The van der Waals surface area contributed by atoms with Crippen LogP contribution in [0.5, 0.6) is 0 Å². The van der Waals surface area contributed by atoms with E-state index >= 15 is 0 Å². The molecular weight excluding hydrogens is 164 g/mol. The molecule has 0 N–H and O–H groups in total. The van der Waals surface area contributed by atoms with E-state index in [4.69, 9.17) is 9.47 Å². The number of rotatable bonds is 5. The highest BCUT2D eigenvalue weighted by atomic mass is 16.7. The maximum atomic E-state index is 5.24. The third kappa shape index (κ3) is 4.63. The summed E-state index contributed by atoms with van der Waals surface area (Å²) in [6, 6.07) is 0. The lowest BCUT2D eigenvalue weighted by atomic mass is 9.97. The number of ether oxygens (including phenoxy) is 2. The summed E-state index contributed by atoms with van der Waals surface area (Å²) in [7, 11) is 0. The highest BCUT2D eigenvalue weighted by Gasteiger charge is 2.13. The molecular formula is C11H22O2. The van der Waals surface area contributed by atoms with E-state index < -0.39 is 0 Å². The smallest absolute Gasteiger partial charge is 0.146 e. The average Bonchev–Trinajstić information content (AvgIpc) is 2.19. The molecule has 0 radical (unpaired) electrons. The molecule has 1 saturated heterocycles. The van der Waals surface area contributed by atoms with Crippen LogP contribution in [0.3, 0.4) is 0 Å². The van der Waals surface area contributed by atoms with Crippen LogP contribution in [0.2, 0.25) is 0 Å². The van der Waals surface area contributed by atoms with Crippen molar-refractivity contribution < 1.29 is 9.47 Å². The van der Waals surface area contributed by atoms with Gasteiger partial charge in [-0.25, -0.2) is 0 Å². The topological polar surface area (TPSA) is 18.5 Å². The van der Waals surface area contributed by atoms with E-state index in [1.807, 2.05) is 0 Å². The molecule has 0 aromatic rings. The SMILES string of the molecule is CCC(C)CCCC1COCOC1. The maximum Gasteiger partial charge on any atom is 0.146 e. The largest absolute Gasteiger partial charge is 0.355 e. The van der Waals surface area contributed by atoms with E-state index in [1.165, 1.54) is 25.7 Å². The lowest BCUT2D eigenvalue weighted by molar-refractivity contribution is -0.127. The standard InChI is InChI=1S/C11H22O2/c1-3-10(2)5-4-6-11-7-12-9-13-8-11/h10-11H,3-9H2,1-2H3. The van der Waals surface area contributed by atoms with E-state index in [-0.39, 0.29) is 0 Å². The van der Waals surface area contributed by atoms with Gasteiger partial charge < -0.3 is 9.47 Å². The van der Waals surface area contributed by atoms with E-state index in [2.05, 4.69) is 13.8 Å². The van der Waals surface area contributed by atoms with Crippen LogP contribution in [0.15, 0.2) is 0 Å².